The van der Waals surface area contributed by atoms with Crippen molar-refractivity contribution in [1.29, 1.82) is 0 Å². The van der Waals surface area contributed by atoms with Crippen molar-refractivity contribution in [2.75, 3.05) is 32.6 Å². The minimum Gasteiger partial charge on any atom is -0.508 e. The summed E-state index contributed by atoms with van der Waals surface area (Å²) in [5, 5.41) is 9.79. The van der Waals surface area contributed by atoms with Crippen LogP contribution < -0.4 is 9.64 Å². The minimum absolute atomic E-state index is 0.0313. The predicted octanol–water partition coefficient (Wildman–Crippen LogP) is 7.19. The number of nitrogens with zero attached hydrogens (tertiary/aromatic N) is 5. The summed E-state index contributed by atoms with van der Waals surface area (Å²) in [6.45, 7) is 5.88. The van der Waals surface area contributed by atoms with Crippen molar-refractivity contribution >= 4 is 23.6 Å². The molecular formula is C44H47N5O5. The van der Waals surface area contributed by atoms with Crippen LogP contribution in [0, 0.1) is 6.92 Å². The summed E-state index contributed by atoms with van der Waals surface area (Å²) < 4.78 is 7.93. The molecule has 5 aromatic rings. The second kappa shape index (κ2) is 14.9. The summed E-state index contributed by atoms with van der Waals surface area (Å²) in [5.74, 6) is 0.362. The molecule has 0 spiro atoms. The van der Waals surface area contributed by atoms with Crippen molar-refractivity contribution in [2.24, 2.45) is 7.05 Å². The van der Waals surface area contributed by atoms with Crippen molar-refractivity contribution in [1.82, 2.24) is 19.3 Å². The molecule has 3 heterocycles. The lowest BCUT2D eigenvalue weighted by molar-refractivity contribution is 0.0658. The van der Waals surface area contributed by atoms with E-state index >= 15 is 0 Å². The normalized spacial score (nSPS) is 15.1. The summed E-state index contributed by atoms with van der Waals surface area (Å²) in [4.78, 5) is 49.6. The number of benzene rings is 4. The smallest absolute Gasteiger partial charge is 0.415 e. The SMILES string of the molecule is Cc1c(C(=O)N(C)c2ccc(O)cc2)cc(-c2cc3c(cc2C(=O)N2Cc4ccccc4C[C@H]2C)CN(C(=O)Oc2ccccc2CN(C)C)CC3)n1C. The number of aromatic nitrogens is 1. The molecule has 3 amide bonds. The van der Waals surface area contributed by atoms with Crippen LogP contribution in [0.3, 0.4) is 0 Å². The molecule has 0 saturated heterocycles. The van der Waals surface area contributed by atoms with Crippen LogP contribution in [-0.4, -0.2) is 76.0 Å². The highest BCUT2D eigenvalue weighted by Crippen LogP contribution is 2.36. The van der Waals surface area contributed by atoms with Crippen LogP contribution in [-0.2, 0) is 39.5 Å². The van der Waals surface area contributed by atoms with E-state index in [1.165, 1.54) is 5.56 Å². The Labute approximate surface area is 316 Å². The number of phenolic OH excluding ortho intramolecular Hbond substituents is 1. The van der Waals surface area contributed by atoms with Gasteiger partial charge in [-0.05, 0) is 112 Å². The highest BCUT2D eigenvalue weighted by Gasteiger charge is 2.33. The topological polar surface area (TPSA) is 98.6 Å². The van der Waals surface area contributed by atoms with Gasteiger partial charge in [-0.1, -0.05) is 42.5 Å². The van der Waals surface area contributed by atoms with Crippen LogP contribution in [0.1, 0.15) is 61.2 Å². The Bertz CT molecular complexity index is 2240. The van der Waals surface area contributed by atoms with Crippen LogP contribution >= 0.6 is 0 Å². The third kappa shape index (κ3) is 7.09. The Hall–Kier alpha value is -5.87. The number of phenols is 1. The number of ether oxygens (including phenoxy) is 1. The minimum atomic E-state index is -0.427. The Morgan fingerprint density at radius 2 is 1.54 bits per heavy atom. The van der Waals surface area contributed by atoms with E-state index in [9.17, 15) is 19.5 Å². The fraction of sp³-hybridized carbons (Fsp3) is 0.295. The maximum absolute atomic E-state index is 14.9. The molecule has 0 radical (unpaired) electrons. The second-order valence-electron chi connectivity index (χ2n) is 14.8. The van der Waals surface area contributed by atoms with Crippen molar-refractivity contribution in [3.8, 4) is 22.8 Å². The fourth-order valence-electron chi connectivity index (χ4n) is 7.64. The zero-order chi connectivity index (χ0) is 38.3. The Balaban J connectivity index is 1.25. The lowest BCUT2D eigenvalue weighted by Gasteiger charge is -2.36. The van der Waals surface area contributed by atoms with Gasteiger partial charge in [-0.15, -0.1) is 0 Å². The standard InChI is InChI=1S/C44H47N5O5/c1-28-21-30-11-7-8-12-32(30)27-49(28)43(52)39-23-34-26-48(44(53)54-41-14-10-9-13-33(41)25-45(3)4)20-19-31(34)22-38(39)40-24-37(29(2)46(40)5)42(51)47(6)35-15-17-36(50)18-16-35/h7-18,22-24,28,50H,19-21,25-27H2,1-6H3/t28-/m1/s1. The number of rotatable bonds is 7. The monoisotopic (exact) mass is 725 g/mol. The maximum atomic E-state index is 14.9. The summed E-state index contributed by atoms with van der Waals surface area (Å²) >= 11 is 0. The van der Waals surface area contributed by atoms with E-state index in [1.807, 2.05) is 91.0 Å². The van der Waals surface area contributed by atoms with Crippen LogP contribution in [0.2, 0.25) is 0 Å². The van der Waals surface area contributed by atoms with Gasteiger partial charge in [0.25, 0.3) is 11.8 Å². The van der Waals surface area contributed by atoms with Gasteiger partial charge in [0.05, 0.1) is 5.56 Å². The van der Waals surface area contributed by atoms with Gasteiger partial charge >= 0.3 is 6.09 Å². The molecule has 278 valence electrons. The molecule has 0 bridgehead atoms. The molecule has 0 fully saturated rings. The number of carbonyl (C=O) groups is 3. The van der Waals surface area contributed by atoms with Crippen molar-refractivity contribution in [3.63, 3.8) is 0 Å². The molecule has 2 aliphatic rings. The summed E-state index contributed by atoms with van der Waals surface area (Å²) in [5.41, 5.74) is 9.20. The van der Waals surface area contributed by atoms with E-state index in [-0.39, 0.29) is 23.6 Å². The van der Waals surface area contributed by atoms with E-state index in [4.69, 9.17) is 4.74 Å². The van der Waals surface area contributed by atoms with Gasteiger partial charge in [-0.25, -0.2) is 4.79 Å². The highest BCUT2D eigenvalue weighted by molar-refractivity contribution is 6.08. The van der Waals surface area contributed by atoms with Gasteiger partial charge in [-0.3, -0.25) is 9.59 Å². The Kier molecular flexibility index (Phi) is 10.0. The molecule has 4 aromatic carbocycles. The summed E-state index contributed by atoms with van der Waals surface area (Å²) in [6.07, 6.45) is 0.907. The number of hydrogen-bond donors (Lipinski definition) is 1. The number of para-hydroxylation sites is 1. The average Bonchev–Trinajstić information content (AvgIpc) is 3.46. The third-order valence-electron chi connectivity index (χ3n) is 10.8. The Morgan fingerprint density at radius 1 is 0.833 bits per heavy atom. The summed E-state index contributed by atoms with van der Waals surface area (Å²) in [6, 6.07) is 28.2. The van der Waals surface area contributed by atoms with Gasteiger partial charge in [0, 0.05) is 80.1 Å². The molecule has 0 unspecified atom stereocenters. The number of fused-ring (bicyclic) bond motifs is 2. The van der Waals surface area contributed by atoms with Gasteiger partial charge < -0.3 is 34.0 Å². The molecule has 1 aromatic heterocycles. The van der Waals surface area contributed by atoms with E-state index in [0.29, 0.717) is 55.2 Å². The first-order valence-corrected chi connectivity index (χ1v) is 18.4. The predicted molar refractivity (Wildman–Crippen MR) is 210 cm³/mol. The molecular weight excluding hydrogens is 679 g/mol. The molecule has 2 aliphatic heterocycles. The number of aromatic hydroxyl groups is 1. The number of carbonyl (C=O) groups excluding carboxylic acids is 3. The average molecular weight is 726 g/mol. The quantitative estimate of drug-likeness (QED) is 0.191. The zero-order valence-electron chi connectivity index (χ0n) is 31.8. The number of amides is 3. The molecule has 1 N–H and O–H groups in total. The molecule has 54 heavy (non-hydrogen) atoms. The van der Waals surface area contributed by atoms with Crippen LogP contribution in [0.25, 0.3) is 11.3 Å². The van der Waals surface area contributed by atoms with Crippen LogP contribution in [0.15, 0.2) is 91.0 Å². The molecule has 0 saturated carbocycles. The van der Waals surface area contributed by atoms with Crippen LogP contribution in [0.4, 0.5) is 10.5 Å². The highest BCUT2D eigenvalue weighted by atomic mass is 16.6. The molecule has 7 rings (SSSR count). The first kappa shape index (κ1) is 36.5. The number of anilines is 1. The van der Waals surface area contributed by atoms with E-state index in [2.05, 4.69) is 25.1 Å². The molecule has 10 heteroatoms. The first-order valence-electron chi connectivity index (χ1n) is 18.4. The number of hydrogen-bond acceptors (Lipinski definition) is 6. The molecule has 10 nitrogen and oxygen atoms in total. The van der Waals surface area contributed by atoms with Crippen molar-refractivity contribution in [3.05, 3.63) is 136 Å². The zero-order valence-corrected chi connectivity index (χ0v) is 31.8. The Morgan fingerprint density at radius 3 is 2.28 bits per heavy atom. The summed E-state index contributed by atoms with van der Waals surface area (Å²) in [7, 11) is 7.58. The lowest BCUT2D eigenvalue weighted by atomic mass is 9.90. The first-order chi connectivity index (χ1) is 25.9. The van der Waals surface area contributed by atoms with Gasteiger partial charge in [0.15, 0.2) is 0 Å². The van der Waals surface area contributed by atoms with E-state index in [0.717, 1.165) is 45.6 Å². The van der Waals surface area contributed by atoms with Crippen molar-refractivity contribution in [2.45, 2.75) is 52.4 Å². The van der Waals surface area contributed by atoms with E-state index < -0.39 is 6.09 Å². The largest absolute Gasteiger partial charge is 0.508 e. The fourth-order valence-corrected chi connectivity index (χ4v) is 7.64. The molecule has 1 atom stereocenters. The van der Waals surface area contributed by atoms with Crippen molar-refractivity contribution < 1.29 is 24.2 Å². The lowest BCUT2D eigenvalue weighted by Crippen LogP contribution is -2.43. The van der Waals surface area contributed by atoms with E-state index in [1.54, 1.807) is 41.1 Å². The molecule has 0 aliphatic carbocycles. The van der Waals surface area contributed by atoms with Gasteiger partial charge in [0.1, 0.15) is 11.5 Å². The van der Waals surface area contributed by atoms with Gasteiger partial charge in [0.2, 0.25) is 0 Å². The maximum Gasteiger partial charge on any atom is 0.415 e. The second-order valence-corrected chi connectivity index (χ2v) is 14.8. The van der Waals surface area contributed by atoms with Gasteiger partial charge in [-0.2, -0.15) is 0 Å². The van der Waals surface area contributed by atoms with Crippen LogP contribution in [0.5, 0.6) is 11.5 Å². The third-order valence-corrected chi connectivity index (χ3v) is 10.8.